The number of nitrogens with two attached hydrogens (primary N) is 1. The standard InChI is InChI=1S/C19H31IN4/c1-4-10-23(5-2)14-15-11-16-12-17(13-20-15)24(18(21)22-16)19(3)8-6-7-9-19/h11-13,17H,4-10,14H2,1-3H3,(H2,21,22). The van der Waals surface area contributed by atoms with Crippen LogP contribution in [0, 0.1) is 0 Å². The number of aliphatic imine (C=N–C) groups is 1. The second-order valence-electron chi connectivity index (χ2n) is 7.32. The number of likely N-dealkylation sites (N-methyl/N-ethyl adjacent to an activating group) is 1. The quantitative estimate of drug-likeness (QED) is 0.640. The number of nitrogens with zero attached hydrogens (tertiary/aromatic N) is 3. The maximum absolute atomic E-state index is 6.41. The van der Waals surface area contributed by atoms with E-state index in [1.54, 1.807) is 3.58 Å². The van der Waals surface area contributed by atoms with E-state index in [-0.39, 0.29) is 26.3 Å². The summed E-state index contributed by atoms with van der Waals surface area (Å²) in [6.45, 7) is 10.3. The van der Waals surface area contributed by atoms with Crippen molar-refractivity contribution in [2.24, 2.45) is 10.7 Å². The Hall–Kier alpha value is -0.690. The topological polar surface area (TPSA) is 44.9 Å². The number of rotatable bonds is 6. The number of halogens is 1. The van der Waals surface area contributed by atoms with Gasteiger partial charge >= 0.3 is 0 Å². The van der Waals surface area contributed by atoms with Crippen LogP contribution in [-0.4, -0.2) is 51.0 Å². The zero-order valence-electron chi connectivity index (χ0n) is 15.3. The van der Waals surface area contributed by atoms with Crippen LogP contribution in [0.25, 0.3) is 0 Å². The maximum Gasteiger partial charge on any atom is 0.197 e. The minimum Gasteiger partial charge on any atom is -0.369 e. The second kappa shape index (κ2) is 7.68. The summed E-state index contributed by atoms with van der Waals surface area (Å²) in [7, 11) is 0. The first-order valence-electron chi connectivity index (χ1n) is 9.30. The van der Waals surface area contributed by atoms with Crippen molar-refractivity contribution in [2.45, 2.75) is 64.5 Å². The molecular formula is C19H31IN4. The molecule has 0 spiro atoms. The highest BCUT2D eigenvalue weighted by atomic mass is 127. The average molecular weight is 442 g/mol. The Balaban J connectivity index is 1.80. The first kappa shape index (κ1) is 18.1. The van der Waals surface area contributed by atoms with Gasteiger partial charge in [-0.2, -0.15) is 0 Å². The van der Waals surface area contributed by atoms with Crippen LogP contribution in [-0.2, 0) is 0 Å². The highest BCUT2D eigenvalue weighted by Crippen LogP contribution is 2.38. The van der Waals surface area contributed by atoms with Crippen LogP contribution >= 0.6 is 20.7 Å². The van der Waals surface area contributed by atoms with Crippen molar-refractivity contribution in [3.8, 4) is 0 Å². The van der Waals surface area contributed by atoms with Gasteiger partial charge in [-0.1, -0.05) is 47.4 Å². The summed E-state index contributed by atoms with van der Waals surface area (Å²) in [6, 6.07) is 0.336. The summed E-state index contributed by atoms with van der Waals surface area (Å²) in [6.07, 6.45) is 10.9. The Labute approximate surface area is 156 Å². The van der Waals surface area contributed by atoms with E-state index >= 15 is 0 Å². The van der Waals surface area contributed by atoms with E-state index in [2.05, 4.69) is 46.7 Å². The fourth-order valence-electron chi connectivity index (χ4n) is 4.11. The fraction of sp³-hybridized carbons (Fsp3) is 0.684. The molecule has 0 aromatic heterocycles. The molecule has 0 radical (unpaired) electrons. The van der Waals surface area contributed by atoms with Crippen molar-refractivity contribution >= 4 is 30.7 Å². The van der Waals surface area contributed by atoms with Crippen LogP contribution in [0.15, 0.2) is 26.4 Å². The molecule has 4 nitrogen and oxygen atoms in total. The maximum atomic E-state index is 6.41. The number of fused-ring (bicyclic) bond motifs is 1. The SMILES string of the molecule is CCCN(CC)CC1=CC2=CC(C=I1)N(C1(C)CCCC1)C(N)=N2. The molecule has 2 N–H and O–H groups in total. The van der Waals surface area contributed by atoms with Crippen LogP contribution in [0.3, 0.4) is 0 Å². The number of hydrogen-bond acceptors (Lipinski definition) is 4. The summed E-state index contributed by atoms with van der Waals surface area (Å²) >= 11 is -0.0769. The minimum absolute atomic E-state index is 0.0769. The van der Waals surface area contributed by atoms with Gasteiger partial charge in [0.05, 0.1) is 11.7 Å². The highest BCUT2D eigenvalue weighted by Gasteiger charge is 2.40. The summed E-state index contributed by atoms with van der Waals surface area (Å²) in [5.41, 5.74) is 7.67. The zero-order valence-corrected chi connectivity index (χ0v) is 17.4. The predicted molar refractivity (Wildman–Crippen MR) is 113 cm³/mol. The molecule has 134 valence electrons. The van der Waals surface area contributed by atoms with E-state index in [1.165, 1.54) is 38.6 Å². The number of allylic oxidation sites excluding steroid dienone is 1. The third kappa shape index (κ3) is 3.77. The molecule has 1 unspecified atom stereocenters. The van der Waals surface area contributed by atoms with Crippen molar-refractivity contribution in [1.29, 1.82) is 0 Å². The highest BCUT2D eigenvalue weighted by molar-refractivity contribution is 14.2. The lowest BCUT2D eigenvalue weighted by molar-refractivity contribution is 0.192. The Morgan fingerprint density at radius 3 is 2.79 bits per heavy atom. The number of guanidine groups is 1. The summed E-state index contributed by atoms with van der Waals surface area (Å²) in [5, 5.41) is 0. The molecule has 0 aromatic carbocycles. The molecule has 1 atom stereocenters. The molecule has 3 rings (SSSR count). The monoisotopic (exact) mass is 442 g/mol. The van der Waals surface area contributed by atoms with E-state index in [1.807, 2.05) is 0 Å². The average Bonchev–Trinajstić information content (AvgIpc) is 2.91. The van der Waals surface area contributed by atoms with Gasteiger partial charge in [0.25, 0.3) is 0 Å². The van der Waals surface area contributed by atoms with E-state index in [0.717, 1.165) is 24.7 Å². The normalized spacial score (nSPS) is 25.8. The molecule has 1 aliphatic carbocycles. The molecule has 0 aromatic rings. The fourth-order valence-corrected chi connectivity index (χ4v) is 6.65. The van der Waals surface area contributed by atoms with Gasteiger partial charge in [-0.05, 0) is 55.4 Å². The van der Waals surface area contributed by atoms with Gasteiger partial charge in [0.15, 0.2) is 5.96 Å². The zero-order chi connectivity index (χ0) is 17.2. The smallest absolute Gasteiger partial charge is 0.197 e. The summed E-state index contributed by atoms with van der Waals surface area (Å²) in [4.78, 5) is 9.69. The third-order valence-corrected chi connectivity index (χ3v) is 7.94. The van der Waals surface area contributed by atoms with E-state index in [0.29, 0.717) is 6.04 Å². The molecule has 0 amide bonds. The lowest BCUT2D eigenvalue weighted by atomic mass is 9.95. The molecule has 0 saturated heterocycles. The van der Waals surface area contributed by atoms with Crippen molar-refractivity contribution < 1.29 is 0 Å². The lowest BCUT2D eigenvalue weighted by Gasteiger charge is -2.44. The molecule has 2 bridgehead atoms. The van der Waals surface area contributed by atoms with Gasteiger partial charge in [0.1, 0.15) is 0 Å². The molecule has 1 fully saturated rings. The van der Waals surface area contributed by atoms with Crippen LogP contribution < -0.4 is 5.73 Å². The Morgan fingerprint density at radius 1 is 1.38 bits per heavy atom. The Morgan fingerprint density at radius 2 is 2.12 bits per heavy atom. The van der Waals surface area contributed by atoms with E-state index in [9.17, 15) is 0 Å². The molecule has 3 aliphatic rings. The van der Waals surface area contributed by atoms with Gasteiger partial charge in [0, 0.05) is 15.7 Å². The minimum atomic E-state index is -0.0769. The second-order valence-corrected chi connectivity index (χ2v) is 10.0. The van der Waals surface area contributed by atoms with Crippen LogP contribution in [0.1, 0.15) is 52.9 Å². The van der Waals surface area contributed by atoms with Crippen molar-refractivity contribution in [2.75, 3.05) is 19.6 Å². The summed E-state index contributed by atoms with van der Waals surface area (Å²) < 4.78 is 4.11. The molecular weight excluding hydrogens is 411 g/mol. The van der Waals surface area contributed by atoms with Gasteiger partial charge < -0.3 is 10.6 Å². The van der Waals surface area contributed by atoms with Crippen LogP contribution in [0.2, 0.25) is 0 Å². The van der Waals surface area contributed by atoms with Crippen LogP contribution in [0.4, 0.5) is 0 Å². The molecule has 1 saturated carbocycles. The Kier molecular flexibility index (Phi) is 5.80. The first-order valence-corrected chi connectivity index (χ1v) is 11.6. The Bertz CT molecular complexity index is 584. The number of hydrogen-bond donors (Lipinski definition) is 1. The van der Waals surface area contributed by atoms with Crippen LogP contribution in [0.5, 0.6) is 0 Å². The largest absolute Gasteiger partial charge is 0.369 e. The summed E-state index contributed by atoms with van der Waals surface area (Å²) in [5.74, 6) is 0.723. The molecule has 2 heterocycles. The molecule has 5 heteroatoms. The van der Waals surface area contributed by atoms with Crippen molar-refractivity contribution in [1.82, 2.24) is 9.80 Å². The van der Waals surface area contributed by atoms with Crippen molar-refractivity contribution in [3.63, 3.8) is 0 Å². The van der Waals surface area contributed by atoms with Gasteiger partial charge in [-0.25, -0.2) is 4.99 Å². The molecule has 24 heavy (non-hydrogen) atoms. The third-order valence-electron chi connectivity index (χ3n) is 5.39. The van der Waals surface area contributed by atoms with E-state index < -0.39 is 0 Å². The van der Waals surface area contributed by atoms with Gasteiger partial charge in [0.2, 0.25) is 0 Å². The predicted octanol–water partition coefficient (Wildman–Crippen LogP) is 3.60. The van der Waals surface area contributed by atoms with E-state index in [4.69, 9.17) is 10.7 Å². The first-order chi connectivity index (χ1) is 11.6. The lowest BCUT2D eigenvalue weighted by Crippen LogP contribution is -2.57. The van der Waals surface area contributed by atoms with Gasteiger partial charge in [-0.15, -0.1) is 0 Å². The molecule has 2 aliphatic heterocycles. The van der Waals surface area contributed by atoms with Crippen molar-refractivity contribution in [3.05, 3.63) is 21.4 Å². The van der Waals surface area contributed by atoms with Gasteiger partial charge in [-0.3, -0.25) is 4.90 Å².